The molecule has 88 valence electrons. The van der Waals surface area contributed by atoms with Crippen LogP contribution in [0.25, 0.3) is 11.3 Å². The summed E-state index contributed by atoms with van der Waals surface area (Å²) in [5.41, 5.74) is 5.04. The zero-order valence-corrected chi connectivity index (χ0v) is 10.00. The van der Waals surface area contributed by atoms with Gasteiger partial charge in [0.1, 0.15) is 0 Å². The molecule has 0 radical (unpaired) electrons. The fourth-order valence-corrected chi connectivity index (χ4v) is 2.52. The van der Waals surface area contributed by atoms with Crippen molar-refractivity contribution in [2.45, 2.75) is 6.42 Å². The molecule has 0 saturated heterocycles. The monoisotopic (exact) mass is 248 g/mol. The van der Waals surface area contributed by atoms with E-state index >= 15 is 0 Å². The second kappa shape index (κ2) is 5.07. The van der Waals surface area contributed by atoms with E-state index in [0.717, 1.165) is 10.6 Å². The topological polar surface area (TPSA) is 80.7 Å². The highest BCUT2D eigenvalue weighted by molar-refractivity contribution is 7.14. The standard InChI is InChI=1S/C12H12N2O2S/c13-7-6-9-14-10(11(17-9)12(15)16)8-4-2-1-3-5-8/h1-5H,6-7,13H2,(H,15,16). The van der Waals surface area contributed by atoms with Crippen LogP contribution in [0.15, 0.2) is 30.3 Å². The molecule has 0 saturated carbocycles. The van der Waals surface area contributed by atoms with E-state index in [1.165, 1.54) is 11.3 Å². The number of carboxylic acids is 1. The van der Waals surface area contributed by atoms with Gasteiger partial charge in [-0.25, -0.2) is 4.98 Å². The minimum atomic E-state index is -1.17. The molecular weight excluding hydrogens is 236 g/mol. The summed E-state index contributed by atoms with van der Waals surface area (Å²) in [6.07, 6.45) is 0.692. The molecular formula is C12H12N2O2S. The lowest BCUT2D eigenvalue weighted by Gasteiger charge is -2.02. The van der Waals surface area contributed by atoms with Gasteiger partial charge in [0.05, 0.1) is 28.1 Å². The Hall–Kier alpha value is -1.72. The zero-order chi connectivity index (χ0) is 12.3. The molecule has 0 atom stereocenters. The third-order valence-electron chi connectivity index (χ3n) is 2.29. The van der Waals surface area contributed by atoms with Gasteiger partial charge >= 0.3 is 0 Å². The largest absolute Gasteiger partial charge is 0.544 e. The number of nitrogens with zero attached hydrogens (tertiary/aromatic N) is 1. The predicted molar refractivity (Wildman–Crippen MR) is 63.3 cm³/mol. The van der Waals surface area contributed by atoms with Crippen molar-refractivity contribution in [1.29, 1.82) is 0 Å². The molecule has 0 fully saturated rings. The molecule has 0 bridgehead atoms. The lowest BCUT2D eigenvalue weighted by atomic mass is 10.1. The molecule has 1 heterocycles. The molecule has 3 N–H and O–H groups in total. The van der Waals surface area contributed by atoms with Crippen molar-refractivity contribution in [3.8, 4) is 11.3 Å². The molecule has 1 aromatic heterocycles. The van der Waals surface area contributed by atoms with Crippen molar-refractivity contribution in [3.05, 3.63) is 40.2 Å². The van der Waals surface area contributed by atoms with Crippen LogP contribution in [0.3, 0.4) is 0 Å². The van der Waals surface area contributed by atoms with Gasteiger partial charge in [-0.15, -0.1) is 11.3 Å². The van der Waals surface area contributed by atoms with Crippen LogP contribution in [0, 0.1) is 0 Å². The molecule has 2 rings (SSSR count). The van der Waals surface area contributed by atoms with Gasteiger partial charge in [-0.1, -0.05) is 30.3 Å². The molecule has 0 amide bonds. The van der Waals surface area contributed by atoms with Gasteiger partial charge in [-0.05, 0) is 0 Å². The summed E-state index contributed by atoms with van der Waals surface area (Å²) in [6.45, 7) is 0.703. The molecule has 1 aromatic carbocycles. The van der Waals surface area contributed by atoms with Crippen LogP contribution >= 0.6 is 11.3 Å². The van der Waals surface area contributed by atoms with Crippen molar-refractivity contribution in [1.82, 2.24) is 4.98 Å². The summed E-state index contributed by atoms with van der Waals surface area (Å²) in [6, 6.07) is 9.28. The minimum absolute atomic E-state index is 0.194. The van der Waals surface area contributed by atoms with Crippen LogP contribution in [0.4, 0.5) is 0 Å². The van der Waals surface area contributed by atoms with Crippen LogP contribution in [-0.2, 0) is 6.42 Å². The Morgan fingerprint density at radius 2 is 2.06 bits per heavy atom. The number of carbonyl (C=O) groups excluding carboxylic acids is 1. The van der Waals surface area contributed by atoms with Crippen LogP contribution in [0.1, 0.15) is 14.7 Å². The Morgan fingerprint density at radius 3 is 2.65 bits per heavy atom. The second-order valence-electron chi connectivity index (χ2n) is 3.54. The van der Waals surface area contributed by atoms with E-state index < -0.39 is 5.97 Å². The summed E-state index contributed by atoms with van der Waals surface area (Å²) >= 11 is 1.17. The van der Waals surface area contributed by atoms with Gasteiger partial charge in [0.25, 0.3) is 0 Å². The normalized spacial score (nSPS) is 10.4. The number of carbonyl (C=O) groups is 1. The number of hydrogen-bond donors (Lipinski definition) is 1. The first kappa shape index (κ1) is 11.8. The molecule has 0 aliphatic heterocycles. The maximum absolute atomic E-state index is 11.1. The van der Waals surface area contributed by atoms with E-state index in [1.807, 2.05) is 30.3 Å². The average Bonchev–Trinajstić information content (AvgIpc) is 2.75. The number of aromatic carboxylic acids is 1. The highest BCUT2D eigenvalue weighted by atomic mass is 32.1. The van der Waals surface area contributed by atoms with Crippen LogP contribution in [-0.4, -0.2) is 17.5 Å². The van der Waals surface area contributed by atoms with Crippen LogP contribution in [0.2, 0.25) is 0 Å². The van der Waals surface area contributed by atoms with Gasteiger partial charge in [-0.3, -0.25) is 0 Å². The van der Waals surface area contributed by atoms with Gasteiger partial charge in [-0.2, -0.15) is 0 Å². The Balaban J connectivity index is 2.48. The van der Waals surface area contributed by atoms with Crippen LogP contribution in [0.5, 0.6) is 0 Å². The van der Waals surface area contributed by atoms with Crippen molar-refractivity contribution in [2.75, 3.05) is 6.54 Å². The predicted octanol–water partition coefficient (Wildman–Crippen LogP) is -0.0420. The molecule has 0 spiro atoms. The molecule has 2 aromatic rings. The average molecular weight is 248 g/mol. The number of benzene rings is 1. The second-order valence-corrected chi connectivity index (χ2v) is 4.63. The van der Waals surface area contributed by atoms with E-state index in [0.29, 0.717) is 18.7 Å². The van der Waals surface area contributed by atoms with Crippen molar-refractivity contribution >= 4 is 17.3 Å². The Labute approximate surface area is 103 Å². The Bertz CT molecular complexity index is 523. The van der Waals surface area contributed by atoms with Gasteiger partial charge in [0, 0.05) is 12.0 Å². The van der Waals surface area contributed by atoms with Gasteiger partial charge in [0.15, 0.2) is 0 Å². The third kappa shape index (κ3) is 2.51. The number of aromatic nitrogens is 1. The molecule has 17 heavy (non-hydrogen) atoms. The van der Waals surface area contributed by atoms with E-state index in [-0.39, 0.29) is 4.88 Å². The molecule has 5 heteroatoms. The third-order valence-corrected chi connectivity index (χ3v) is 3.39. The maximum Gasteiger partial charge on any atom is 0.0995 e. The first-order valence-corrected chi connectivity index (χ1v) is 6.09. The molecule has 4 nitrogen and oxygen atoms in total. The smallest absolute Gasteiger partial charge is 0.0995 e. The molecule has 0 aliphatic rings. The minimum Gasteiger partial charge on any atom is -0.544 e. The van der Waals surface area contributed by atoms with Gasteiger partial charge in [0.2, 0.25) is 0 Å². The van der Waals surface area contributed by atoms with Gasteiger partial charge < -0.3 is 15.6 Å². The highest BCUT2D eigenvalue weighted by Crippen LogP contribution is 2.27. The Morgan fingerprint density at radius 1 is 1.35 bits per heavy atom. The summed E-state index contributed by atoms with van der Waals surface area (Å²) in [7, 11) is 0. The summed E-state index contributed by atoms with van der Waals surface area (Å²) < 4.78 is 0. The fourth-order valence-electron chi connectivity index (χ4n) is 1.55. The maximum atomic E-state index is 11.1. The summed E-state index contributed by atoms with van der Waals surface area (Å²) in [5.74, 6) is -1.17. The van der Waals surface area contributed by atoms with Crippen LogP contribution < -0.4 is 10.8 Å². The van der Waals surface area contributed by atoms with Crippen molar-refractivity contribution < 1.29 is 15.6 Å². The van der Waals surface area contributed by atoms with E-state index in [4.69, 9.17) is 0 Å². The first-order valence-electron chi connectivity index (χ1n) is 5.28. The van der Waals surface area contributed by atoms with E-state index in [1.54, 1.807) is 0 Å². The van der Waals surface area contributed by atoms with E-state index in [9.17, 15) is 9.90 Å². The van der Waals surface area contributed by atoms with Crippen molar-refractivity contribution in [3.63, 3.8) is 0 Å². The lowest BCUT2D eigenvalue weighted by molar-refractivity contribution is -0.366. The quantitative estimate of drug-likeness (QED) is 0.824. The fraction of sp³-hybridized carbons (Fsp3) is 0.167. The first-order chi connectivity index (χ1) is 8.22. The van der Waals surface area contributed by atoms with E-state index in [2.05, 4.69) is 10.7 Å². The Kier molecular flexibility index (Phi) is 3.51. The molecule has 0 aliphatic carbocycles. The number of rotatable bonds is 4. The summed E-state index contributed by atoms with van der Waals surface area (Å²) in [5, 5.41) is 11.8. The lowest BCUT2D eigenvalue weighted by Crippen LogP contribution is -2.51. The molecule has 0 unspecified atom stereocenters. The number of quaternary nitrogens is 1. The number of hydrogen-bond acceptors (Lipinski definition) is 4. The number of thiazole rings is 1. The highest BCUT2D eigenvalue weighted by Gasteiger charge is 2.13. The number of carboxylic acid groups (broad SMARTS) is 1. The summed E-state index contributed by atoms with van der Waals surface area (Å²) in [4.78, 5) is 15.6. The SMILES string of the molecule is [NH3+]CCc1nc(-c2ccccc2)c(C(=O)[O-])s1. The zero-order valence-electron chi connectivity index (χ0n) is 9.18. The van der Waals surface area contributed by atoms with Crippen molar-refractivity contribution in [2.24, 2.45) is 0 Å².